The maximum atomic E-state index is 12.9. The van der Waals surface area contributed by atoms with Gasteiger partial charge in [-0.15, -0.1) is 5.10 Å². The van der Waals surface area contributed by atoms with Crippen molar-refractivity contribution in [3.8, 4) is 0 Å². The molecule has 2 heterocycles. The maximum Gasteiger partial charge on any atom is 0.276 e. The first-order chi connectivity index (χ1) is 13.3. The van der Waals surface area contributed by atoms with Gasteiger partial charge in [0, 0.05) is 13.7 Å². The summed E-state index contributed by atoms with van der Waals surface area (Å²) in [4.78, 5) is 14.8. The van der Waals surface area contributed by atoms with Gasteiger partial charge in [-0.1, -0.05) is 47.7 Å². The predicted octanol–water partition coefficient (Wildman–Crippen LogP) is 3.12. The van der Waals surface area contributed by atoms with Gasteiger partial charge in [-0.3, -0.25) is 4.79 Å². The van der Waals surface area contributed by atoms with Crippen LogP contribution in [0.3, 0.4) is 0 Å². The molecule has 0 spiro atoms. The molecule has 0 saturated carbocycles. The van der Waals surface area contributed by atoms with E-state index in [-0.39, 0.29) is 11.9 Å². The van der Waals surface area contributed by atoms with E-state index in [1.54, 1.807) is 18.0 Å². The molecule has 27 heavy (non-hydrogen) atoms. The fourth-order valence-corrected chi connectivity index (χ4v) is 3.86. The summed E-state index contributed by atoms with van der Waals surface area (Å²) in [6.45, 7) is 1.90. The highest BCUT2D eigenvalue weighted by Crippen LogP contribution is 2.21. The van der Waals surface area contributed by atoms with Crippen LogP contribution in [-0.4, -0.2) is 52.1 Å². The van der Waals surface area contributed by atoms with Gasteiger partial charge in [0.05, 0.1) is 25.4 Å². The summed E-state index contributed by atoms with van der Waals surface area (Å²) in [5, 5.41) is 10.7. The first kappa shape index (κ1) is 17.7. The molecule has 0 aliphatic carbocycles. The fourth-order valence-electron chi connectivity index (χ4n) is 3.86. The summed E-state index contributed by atoms with van der Waals surface area (Å²) >= 11 is 0. The Hall–Kier alpha value is -2.73. The van der Waals surface area contributed by atoms with Crippen molar-refractivity contribution in [1.29, 1.82) is 0 Å². The van der Waals surface area contributed by atoms with E-state index in [0.717, 1.165) is 31.4 Å². The number of fused-ring (bicyclic) bond motifs is 1. The number of piperidine rings is 1. The zero-order chi connectivity index (χ0) is 18.6. The lowest BCUT2D eigenvalue weighted by Crippen LogP contribution is -2.46. The molecule has 1 aromatic heterocycles. The van der Waals surface area contributed by atoms with Crippen LogP contribution in [0.25, 0.3) is 10.8 Å². The molecule has 1 unspecified atom stereocenters. The third-order valence-electron chi connectivity index (χ3n) is 5.22. The van der Waals surface area contributed by atoms with Crippen molar-refractivity contribution < 1.29 is 9.53 Å². The second-order valence-corrected chi connectivity index (χ2v) is 7.04. The Morgan fingerprint density at radius 3 is 2.93 bits per heavy atom. The predicted molar refractivity (Wildman–Crippen MR) is 104 cm³/mol. The molecule has 1 saturated heterocycles. The molecule has 0 bridgehead atoms. The van der Waals surface area contributed by atoms with Crippen LogP contribution in [0.2, 0.25) is 0 Å². The molecule has 1 fully saturated rings. The van der Waals surface area contributed by atoms with Crippen LogP contribution in [-0.2, 0) is 11.3 Å². The van der Waals surface area contributed by atoms with Crippen molar-refractivity contribution >= 4 is 16.7 Å². The normalized spacial score (nSPS) is 17.4. The van der Waals surface area contributed by atoms with Crippen LogP contribution in [0, 0.1) is 0 Å². The minimum Gasteiger partial charge on any atom is -0.383 e. The molecule has 1 amide bonds. The van der Waals surface area contributed by atoms with Crippen molar-refractivity contribution in [1.82, 2.24) is 19.9 Å². The topological polar surface area (TPSA) is 60.2 Å². The van der Waals surface area contributed by atoms with E-state index in [2.05, 4.69) is 34.6 Å². The van der Waals surface area contributed by atoms with Crippen LogP contribution in [0.1, 0.15) is 35.3 Å². The van der Waals surface area contributed by atoms with E-state index in [1.807, 2.05) is 23.1 Å². The summed E-state index contributed by atoms with van der Waals surface area (Å²) < 4.78 is 7.03. The number of nitrogens with zero attached hydrogens (tertiary/aromatic N) is 4. The molecular formula is C21H24N4O2. The number of hydrogen-bond acceptors (Lipinski definition) is 4. The van der Waals surface area contributed by atoms with Gasteiger partial charge in [-0.2, -0.15) is 0 Å². The number of aromatic nitrogens is 3. The van der Waals surface area contributed by atoms with Gasteiger partial charge in [-0.05, 0) is 35.6 Å². The van der Waals surface area contributed by atoms with Gasteiger partial charge in [0.15, 0.2) is 5.69 Å². The van der Waals surface area contributed by atoms with E-state index in [0.29, 0.717) is 18.8 Å². The molecule has 0 radical (unpaired) electrons. The Morgan fingerprint density at radius 1 is 1.19 bits per heavy atom. The summed E-state index contributed by atoms with van der Waals surface area (Å²) in [6, 6.07) is 14.6. The van der Waals surface area contributed by atoms with Gasteiger partial charge >= 0.3 is 0 Å². The third-order valence-corrected chi connectivity index (χ3v) is 5.22. The average Bonchev–Trinajstić information content (AvgIpc) is 3.17. The molecule has 3 aromatic rings. The average molecular weight is 364 g/mol. The summed E-state index contributed by atoms with van der Waals surface area (Å²) in [5.74, 6) is -0.0547. The smallest absolute Gasteiger partial charge is 0.276 e. The standard InChI is InChI=1S/C21H24N4O2/c1-27-15-18-10-4-5-12-25(18)21(26)20-14-24(23-22-20)13-17-9-6-8-16-7-2-3-11-19(16)17/h2-3,6-9,11,14,18H,4-5,10,12-13,15H2,1H3. The number of rotatable bonds is 5. The van der Waals surface area contributed by atoms with Crippen molar-refractivity contribution in [2.45, 2.75) is 31.8 Å². The van der Waals surface area contributed by atoms with E-state index in [1.165, 1.54) is 10.8 Å². The Balaban J connectivity index is 1.53. The third kappa shape index (κ3) is 3.71. The van der Waals surface area contributed by atoms with E-state index in [4.69, 9.17) is 4.74 Å². The SMILES string of the molecule is COCC1CCCCN1C(=O)c1cn(Cc2cccc3ccccc23)nn1. The summed E-state index contributed by atoms with van der Waals surface area (Å²) in [5.41, 5.74) is 1.56. The van der Waals surface area contributed by atoms with Crippen molar-refractivity contribution in [2.24, 2.45) is 0 Å². The molecule has 1 aliphatic heterocycles. The van der Waals surface area contributed by atoms with Crippen LogP contribution >= 0.6 is 0 Å². The lowest BCUT2D eigenvalue weighted by Gasteiger charge is -2.34. The minimum absolute atomic E-state index is 0.0547. The Bertz CT molecular complexity index is 929. The number of likely N-dealkylation sites (tertiary alicyclic amines) is 1. The Labute approximate surface area is 158 Å². The number of hydrogen-bond donors (Lipinski definition) is 0. The highest BCUT2D eigenvalue weighted by molar-refractivity contribution is 5.92. The largest absolute Gasteiger partial charge is 0.383 e. The van der Waals surface area contributed by atoms with Gasteiger partial charge < -0.3 is 9.64 Å². The number of ether oxygens (including phenoxy) is 1. The van der Waals surface area contributed by atoms with E-state index in [9.17, 15) is 4.79 Å². The lowest BCUT2D eigenvalue weighted by molar-refractivity contribution is 0.0423. The van der Waals surface area contributed by atoms with Crippen LogP contribution < -0.4 is 0 Å². The molecule has 6 nitrogen and oxygen atoms in total. The first-order valence-corrected chi connectivity index (χ1v) is 9.43. The van der Waals surface area contributed by atoms with Crippen LogP contribution in [0.5, 0.6) is 0 Å². The molecule has 1 aliphatic rings. The van der Waals surface area contributed by atoms with E-state index >= 15 is 0 Å². The Kier molecular flexibility index (Phi) is 5.16. The first-order valence-electron chi connectivity index (χ1n) is 9.43. The van der Waals surface area contributed by atoms with Crippen molar-refractivity contribution in [3.05, 3.63) is 59.9 Å². The quantitative estimate of drug-likeness (QED) is 0.698. The van der Waals surface area contributed by atoms with Gasteiger partial charge in [0.25, 0.3) is 5.91 Å². The zero-order valence-corrected chi connectivity index (χ0v) is 15.5. The highest BCUT2D eigenvalue weighted by atomic mass is 16.5. The molecule has 140 valence electrons. The Morgan fingerprint density at radius 2 is 2.04 bits per heavy atom. The minimum atomic E-state index is -0.0547. The summed E-state index contributed by atoms with van der Waals surface area (Å²) in [7, 11) is 1.68. The monoisotopic (exact) mass is 364 g/mol. The van der Waals surface area contributed by atoms with Gasteiger partial charge in [0.2, 0.25) is 0 Å². The second kappa shape index (κ2) is 7.88. The van der Waals surface area contributed by atoms with Crippen molar-refractivity contribution in [2.75, 3.05) is 20.3 Å². The maximum absolute atomic E-state index is 12.9. The molecule has 1 atom stereocenters. The highest BCUT2D eigenvalue weighted by Gasteiger charge is 2.29. The van der Waals surface area contributed by atoms with E-state index < -0.39 is 0 Å². The fraction of sp³-hybridized carbons (Fsp3) is 0.381. The molecular weight excluding hydrogens is 340 g/mol. The lowest BCUT2D eigenvalue weighted by atomic mass is 10.0. The molecule has 0 N–H and O–H groups in total. The van der Waals surface area contributed by atoms with Crippen LogP contribution in [0.4, 0.5) is 0 Å². The number of carbonyl (C=O) groups excluding carboxylic acids is 1. The number of carbonyl (C=O) groups is 1. The summed E-state index contributed by atoms with van der Waals surface area (Å²) in [6.07, 6.45) is 4.88. The van der Waals surface area contributed by atoms with Crippen molar-refractivity contribution in [3.63, 3.8) is 0 Å². The number of amides is 1. The van der Waals surface area contributed by atoms with Gasteiger partial charge in [0.1, 0.15) is 0 Å². The molecule has 4 rings (SSSR count). The van der Waals surface area contributed by atoms with Gasteiger partial charge in [-0.25, -0.2) is 4.68 Å². The number of methoxy groups -OCH3 is 1. The second-order valence-electron chi connectivity index (χ2n) is 7.04. The molecule has 2 aromatic carbocycles. The molecule has 6 heteroatoms. The zero-order valence-electron chi connectivity index (χ0n) is 15.5. The van der Waals surface area contributed by atoms with Crippen LogP contribution in [0.15, 0.2) is 48.7 Å². The number of benzene rings is 2.